The van der Waals surface area contributed by atoms with E-state index in [0.29, 0.717) is 6.54 Å². The maximum atomic E-state index is 6.14. The highest BCUT2D eigenvalue weighted by Crippen LogP contribution is 2.13. The van der Waals surface area contributed by atoms with Crippen molar-refractivity contribution < 1.29 is 0 Å². The van der Waals surface area contributed by atoms with Crippen LogP contribution in [0.15, 0.2) is 54.6 Å². The second kappa shape index (κ2) is 6.92. The Bertz CT molecular complexity index is 479. The van der Waals surface area contributed by atoms with Crippen LogP contribution in [0, 0.1) is 0 Å². The molecule has 0 spiro atoms. The van der Waals surface area contributed by atoms with Crippen LogP contribution in [0.3, 0.4) is 0 Å². The van der Waals surface area contributed by atoms with Gasteiger partial charge in [-0.25, -0.2) is 0 Å². The van der Waals surface area contributed by atoms with Gasteiger partial charge in [-0.2, -0.15) is 0 Å². The third kappa shape index (κ3) is 4.09. The Kier molecular flexibility index (Phi) is 4.95. The van der Waals surface area contributed by atoms with Gasteiger partial charge in [0.2, 0.25) is 0 Å². The first-order chi connectivity index (χ1) is 9.29. The zero-order valence-electron chi connectivity index (χ0n) is 11.0. The Morgan fingerprint density at radius 2 is 1.63 bits per heavy atom. The van der Waals surface area contributed by atoms with Gasteiger partial charge >= 0.3 is 0 Å². The fourth-order valence-electron chi connectivity index (χ4n) is 2.00. The largest absolute Gasteiger partial charge is 0.383 e. The van der Waals surface area contributed by atoms with Crippen molar-refractivity contribution in [2.75, 3.05) is 18.4 Å². The van der Waals surface area contributed by atoms with E-state index in [1.165, 1.54) is 5.56 Å². The normalized spacial score (nSPS) is 12.1. The summed E-state index contributed by atoms with van der Waals surface area (Å²) in [7, 11) is 0. The zero-order chi connectivity index (χ0) is 13.5. The molecular weight excluding hydrogens is 234 g/mol. The molecule has 2 aromatic carbocycles. The number of anilines is 1. The van der Waals surface area contributed by atoms with E-state index in [1.807, 2.05) is 18.2 Å². The zero-order valence-corrected chi connectivity index (χ0v) is 11.0. The van der Waals surface area contributed by atoms with E-state index < -0.39 is 0 Å². The molecule has 0 amide bonds. The standard InChI is InChI=1S/C16H21N3/c17-11-10-13-6-8-15(9-7-13)19-12-16(18)14-4-2-1-3-5-14/h1-9,16,19H,10-12,17-18H2/t16-/m0/s1. The van der Waals surface area contributed by atoms with Gasteiger partial charge < -0.3 is 16.8 Å². The van der Waals surface area contributed by atoms with E-state index in [1.54, 1.807) is 0 Å². The number of nitrogens with two attached hydrogens (primary N) is 2. The molecule has 19 heavy (non-hydrogen) atoms. The molecule has 1 atom stereocenters. The Morgan fingerprint density at radius 3 is 2.26 bits per heavy atom. The molecule has 0 unspecified atom stereocenters. The summed E-state index contributed by atoms with van der Waals surface area (Å²) in [6.07, 6.45) is 0.920. The summed E-state index contributed by atoms with van der Waals surface area (Å²) >= 11 is 0. The molecule has 2 aromatic rings. The average molecular weight is 255 g/mol. The van der Waals surface area contributed by atoms with Crippen molar-refractivity contribution in [3.05, 3.63) is 65.7 Å². The van der Waals surface area contributed by atoms with Crippen LogP contribution in [0.1, 0.15) is 17.2 Å². The van der Waals surface area contributed by atoms with Crippen molar-refractivity contribution in [1.29, 1.82) is 0 Å². The Balaban J connectivity index is 1.88. The van der Waals surface area contributed by atoms with Gasteiger partial charge in [-0.3, -0.25) is 0 Å². The highest BCUT2D eigenvalue weighted by molar-refractivity contribution is 5.45. The van der Waals surface area contributed by atoms with Crippen LogP contribution >= 0.6 is 0 Å². The van der Waals surface area contributed by atoms with E-state index in [9.17, 15) is 0 Å². The summed E-state index contributed by atoms with van der Waals surface area (Å²) in [5.41, 5.74) is 15.2. The third-order valence-corrected chi connectivity index (χ3v) is 3.14. The van der Waals surface area contributed by atoms with Crippen molar-refractivity contribution in [2.24, 2.45) is 11.5 Å². The fourth-order valence-corrected chi connectivity index (χ4v) is 2.00. The average Bonchev–Trinajstić information content (AvgIpc) is 2.47. The van der Waals surface area contributed by atoms with Gasteiger partial charge in [0.05, 0.1) is 0 Å². The molecule has 5 N–H and O–H groups in total. The van der Waals surface area contributed by atoms with E-state index in [2.05, 4.69) is 41.7 Å². The molecule has 0 bridgehead atoms. The van der Waals surface area contributed by atoms with Gasteiger partial charge in [0, 0.05) is 18.3 Å². The van der Waals surface area contributed by atoms with Crippen LogP contribution in [-0.2, 0) is 6.42 Å². The maximum absolute atomic E-state index is 6.14. The minimum absolute atomic E-state index is 0.00455. The van der Waals surface area contributed by atoms with Crippen LogP contribution in [-0.4, -0.2) is 13.1 Å². The summed E-state index contributed by atoms with van der Waals surface area (Å²) in [6.45, 7) is 1.41. The topological polar surface area (TPSA) is 64.1 Å². The number of nitrogens with one attached hydrogen (secondary N) is 1. The number of benzene rings is 2. The van der Waals surface area contributed by atoms with Gasteiger partial charge in [0.15, 0.2) is 0 Å². The second-order valence-electron chi connectivity index (χ2n) is 4.63. The van der Waals surface area contributed by atoms with Gasteiger partial charge in [0.1, 0.15) is 0 Å². The second-order valence-corrected chi connectivity index (χ2v) is 4.63. The highest BCUT2D eigenvalue weighted by Gasteiger charge is 2.04. The minimum atomic E-state index is 0.00455. The molecule has 0 aromatic heterocycles. The highest BCUT2D eigenvalue weighted by atomic mass is 14.9. The molecule has 0 aliphatic heterocycles. The Hall–Kier alpha value is -1.84. The molecular formula is C16H21N3. The van der Waals surface area contributed by atoms with Crippen LogP contribution in [0.5, 0.6) is 0 Å². The lowest BCUT2D eigenvalue weighted by Crippen LogP contribution is -2.20. The van der Waals surface area contributed by atoms with E-state index in [0.717, 1.165) is 24.2 Å². The van der Waals surface area contributed by atoms with Crippen molar-refractivity contribution in [3.8, 4) is 0 Å². The first-order valence-corrected chi connectivity index (χ1v) is 6.63. The van der Waals surface area contributed by atoms with Crippen molar-refractivity contribution in [3.63, 3.8) is 0 Å². The lowest BCUT2D eigenvalue weighted by Gasteiger charge is -2.14. The predicted molar refractivity (Wildman–Crippen MR) is 81.1 cm³/mol. The first kappa shape index (κ1) is 13.6. The summed E-state index contributed by atoms with van der Waals surface area (Å²) in [6, 6.07) is 18.5. The van der Waals surface area contributed by atoms with Crippen molar-refractivity contribution in [1.82, 2.24) is 0 Å². The quantitative estimate of drug-likeness (QED) is 0.742. The SMILES string of the molecule is NCCc1ccc(NC[C@H](N)c2ccccc2)cc1. The maximum Gasteiger partial charge on any atom is 0.0470 e. The summed E-state index contributed by atoms with van der Waals surface area (Å²) in [5.74, 6) is 0. The minimum Gasteiger partial charge on any atom is -0.383 e. The molecule has 2 rings (SSSR count). The van der Waals surface area contributed by atoms with Crippen molar-refractivity contribution in [2.45, 2.75) is 12.5 Å². The lowest BCUT2D eigenvalue weighted by atomic mass is 10.1. The fraction of sp³-hybridized carbons (Fsp3) is 0.250. The molecule has 0 saturated carbocycles. The van der Waals surface area contributed by atoms with Gasteiger partial charge in [-0.05, 0) is 36.2 Å². The van der Waals surface area contributed by atoms with Crippen LogP contribution in [0.2, 0.25) is 0 Å². The molecule has 0 radical (unpaired) electrons. The summed E-state index contributed by atoms with van der Waals surface area (Å²) in [4.78, 5) is 0. The third-order valence-electron chi connectivity index (χ3n) is 3.14. The van der Waals surface area contributed by atoms with Crippen LogP contribution < -0.4 is 16.8 Å². The molecule has 0 aliphatic carbocycles. The molecule has 0 aliphatic rings. The molecule has 0 saturated heterocycles. The van der Waals surface area contributed by atoms with E-state index in [-0.39, 0.29) is 6.04 Å². The predicted octanol–water partition coefficient (Wildman–Crippen LogP) is 2.30. The monoisotopic (exact) mass is 255 g/mol. The summed E-state index contributed by atoms with van der Waals surface area (Å²) < 4.78 is 0. The molecule has 0 heterocycles. The first-order valence-electron chi connectivity index (χ1n) is 6.63. The van der Waals surface area contributed by atoms with Gasteiger partial charge in [-0.1, -0.05) is 42.5 Å². The van der Waals surface area contributed by atoms with Crippen LogP contribution in [0.4, 0.5) is 5.69 Å². The molecule has 3 nitrogen and oxygen atoms in total. The summed E-state index contributed by atoms with van der Waals surface area (Å²) in [5, 5.41) is 3.36. The van der Waals surface area contributed by atoms with Crippen molar-refractivity contribution >= 4 is 5.69 Å². The molecule has 100 valence electrons. The smallest absolute Gasteiger partial charge is 0.0470 e. The van der Waals surface area contributed by atoms with E-state index >= 15 is 0 Å². The number of rotatable bonds is 6. The van der Waals surface area contributed by atoms with Gasteiger partial charge in [0.25, 0.3) is 0 Å². The van der Waals surface area contributed by atoms with E-state index in [4.69, 9.17) is 11.5 Å². The van der Waals surface area contributed by atoms with Gasteiger partial charge in [-0.15, -0.1) is 0 Å². The molecule has 0 fully saturated rings. The number of hydrogen-bond donors (Lipinski definition) is 3. The van der Waals surface area contributed by atoms with Crippen LogP contribution in [0.25, 0.3) is 0 Å². The molecule has 3 heteroatoms. The lowest BCUT2D eigenvalue weighted by molar-refractivity contribution is 0.764. The Morgan fingerprint density at radius 1 is 0.947 bits per heavy atom. The Labute approximate surface area is 114 Å². The number of hydrogen-bond acceptors (Lipinski definition) is 3.